The normalized spacial score (nSPS) is 10.1. The lowest BCUT2D eigenvalue weighted by molar-refractivity contribution is 0.0726. The zero-order valence-corrected chi connectivity index (χ0v) is 10.6. The number of carbonyl (C=O) groups excluding carboxylic acids is 1. The molecule has 2 aromatic rings. The molecule has 0 amide bonds. The standard InChI is InChI=1S/C14H13FN2O2/c1-9-8-10(5-6-11(9)16-2)14(18)19-12-4-3-7-17-13(12)15/h3-8,16H,1-2H3. The van der Waals surface area contributed by atoms with Gasteiger partial charge in [-0.05, 0) is 42.8 Å². The number of esters is 1. The summed E-state index contributed by atoms with van der Waals surface area (Å²) in [4.78, 5) is 15.3. The Morgan fingerprint density at radius 2 is 2.16 bits per heavy atom. The van der Waals surface area contributed by atoms with Gasteiger partial charge >= 0.3 is 5.97 Å². The van der Waals surface area contributed by atoms with Crippen LogP contribution in [0.1, 0.15) is 15.9 Å². The number of nitrogens with one attached hydrogen (secondary N) is 1. The summed E-state index contributed by atoms with van der Waals surface area (Å²) in [5.41, 5.74) is 2.19. The first-order valence-corrected chi connectivity index (χ1v) is 5.73. The van der Waals surface area contributed by atoms with E-state index in [1.807, 2.05) is 6.92 Å². The minimum Gasteiger partial charge on any atom is -0.418 e. The Balaban J connectivity index is 2.21. The van der Waals surface area contributed by atoms with E-state index in [4.69, 9.17) is 4.74 Å². The van der Waals surface area contributed by atoms with Crippen molar-refractivity contribution in [3.8, 4) is 5.75 Å². The number of anilines is 1. The van der Waals surface area contributed by atoms with E-state index in [1.165, 1.54) is 18.3 Å². The lowest BCUT2D eigenvalue weighted by Gasteiger charge is -2.08. The van der Waals surface area contributed by atoms with E-state index >= 15 is 0 Å². The molecule has 1 aromatic heterocycles. The molecule has 0 fully saturated rings. The molecule has 98 valence electrons. The third-order valence-electron chi connectivity index (χ3n) is 2.66. The minimum absolute atomic E-state index is 0.178. The molecule has 0 saturated carbocycles. The van der Waals surface area contributed by atoms with Crippen LogP contribution in [-0.2, 0) is 0 Å². The third kappa shape index (κ3) is 2.88. The first-order valence-electron chi connectivity index (χ1n) is 5.73. The molecule has 0 radical (unpaired) electrons. The van der Waals surface area contributed by atoms with Crippen LogP contribution in [0.15, 0.2) is 36.5 Å². The Kier molecular flexibility index (Phi) is 3.75. The van der Waals surface area contributed by atoms with E-state index in [1.54, 1.807) is 25.2 Å². The van der Waals surface area contributed by atoms with Crippen molar-refractivity contribution in [2.24, 2.45) is 0 Å². The van der Waals surface area contributed by atoms with Crippen LogP contribution in [0.25, 0.3) is 0 Å². The third-order valence-corrected chi connectivity index (χ3v) is 2.66. The number of pyridine rings is 1. The summed E-state index contributed by atoms with van der Waals surface area (Å²) in [5, 5.41) is 3.00. The molecule has 0 bridgehead atoms. The van der Waals surface area contributed by atoms with Crippen LogP contribution in [0.3, 0.4) is 0 Å². The predicted octanol–water partition coefficient (Wildman–Crippen LogP) is 2.79. The van der Waals surface area contributed by atoms with Crippen molar-refractivity contribution < 1.29 is 13.9 Å². The first kappa shape index (κ1) is 13.0. The highest BCUT2D eigenvalue weighted by molar-refractivity contribution is 5.91. The molecule has 0 aliphatic heterocycles. The maximum absolute atomic E-state index is 13.3. The van der Waals surface area contributed by atoms with Gasteiger partial charge in [0.05, 0.1) is 5.56 Å². The topological polar surface area (TPSA) is 51.2 Å². The number of hydrogen-bond acceptors (Lipinski definition) is 4. The first-order chi connectivity index (χ1) is 9.11. The average molecular weight is 260 g/mol. The molecule has 5 heteroatoms. The molecule has 0 saturated heterocycles. The molecule has 19 heavy (non-hydrogen) atoms. The Labute approximate surface area is 110 Å². The van der Waals surface area contributed by atoms with Crippen molar-refractivity contribution in [2.75, 3.05) is 12.4 Å². The van der Waals surface area contributed by atoms with Gasteiger partial charge in [-0.2, -0.15) is 4.39 Å². The highest BCUT2D eigenvalue weighted by atomic mass is 19.1. The second-order valence-corrected chi connectivity index (χ2v) is 3.96. The van der Waals surface area contributed by atoms with Crippen LogP contribution < -0.4 is 10.1 Å². The van der Waals surface area contributed by atoms with E-state index in [9.17, 15) is 9.18 Å². The van der Waals surface area contributed by atoms with Crippen molar-refractivity contribution in [1.29, 1.82) is 0 Å². The number of nitrogens with zero attached hydrogens (tertiary/aromatic N) is 1. The van der Waals surface area contributed by atoms with Gasteiger partial charge < -0.3 is 10.1 Å². The smallest absolute Gasteiger partial charge is 0.343 e. The van der Waals surface area contributed by atoms with Gasteiger partial charge in [0.15, 0.2) is 5.75 Å². The van der Waals surface area contributed by atoms with Crippen LogP contribution in [0.2, 0.25) is 0 Å². The number of aromatic nitrogens is 1. The molecule has 0 spiro atoms. The van der Waals surface area contributed by atoms with Crippen molar-refractivity contribution in [1.82, 2.24) is 4.98 Å². The molecule has 2 rings (SSSR count). The summed E-state index contributed by atoms with van der Waals surface area (Å²) >= 11 is 0. The van der Waals surface area contributed by atoms with Crippen molar-refractivity contribution in [3.63, 3.8) is 0 Å². The van der Waals surface area contributed by atoms with Gasteiger partial charge in [-0.15, -0.1) is 0 Å². The number of halogens is 1. The molecule has 0 atom stereocenters. The zero-order valence-electron chi connectivity index (χ0n) is 10.6. The fourth-order valence-corrected chi connectivity index (χ4v) is 1.68. The largest absolute Gasteiger partial charge is 0.418 e. The summed E-state index contributed by atoms with van der Waals surface area (Å²) in [5.74, 6) is -1.60. The highest BCUT2D eigenvalue weighted by Crippen LogP contribution is 2.19. The van der Waals surface area contributed by atoms with E-state index in [-0.39, 0.29) is 5.75 Å². The maximum Gasteiger partial charge on any atom is 0.343 e. The minimum atomic E-state index is -0.806. The number of aryl methyl sites for hydroxylation is 1. The average Bonchev–Trinajstić information content (AvgIpc) is 2.41. The van der Waals surface area contributed by atoms with Crippen LogP contribution in [0.4, 0.5) is 10.1 Å². The van der Waals surface area contributed by atoms with Crippen molar-refractivity contribution in [3.05, 3.63) is 53.6 Å². The van der Waals surface area contributed by atoms with E-state index in [0.29, 0.717) is 5.56 Å². The molecule has 4 nitrogen and oxygen atoms in total. The number of carbonyl (C=O) groups is 1. The Morgan fingerprint density at radius 3 is 2.79 bits per heavy atom. The molecule has 0 unspecified atom stereocenters. The SMILES string of the molecule is CNc1ccc(C(=O)Oc2cccnc2F)cc1C. The Morgan fingerprint density at radius 1 is 1.37 bits per heavy atom. The van der Waals surface area contributed by atoms with E-state index in [2.05, 4.69) is 10.3 Å². The molecule has 1 heterocycles. The number of benzene rings is 1. The Bertz CT molecular complexity index is 614. The fourth-order valence-electron chi connectivity index (χ4n) is 1.68. The van der Waals surface area contributed by atoms with E-state index < -0.39 is 11.9 Å². The van der Waals surface area contributed by atoms with E-state index in [0.717, 1.165) is 11.3 Å². The molecular weight excluding hydrogens is 247 g/mol. The van der Waals surface area contributed by atoms with Gasteiger partial charge in [0.1, 0.15) is 0 Å². The molecule has 0 aliphatic carbocycles. The summed E-state index contributed by atoms with van der Waals surface area (Å²) in [6, 6.07) is 7.93. The second-order valence-electron chi connectivity index (χ2n) is 3.96. The van der Waals surface area contributed by atoms with Gasteiger partial charge in [0.2, 0.25) is 0 Å². The lowest BCUT2D eigenvalue weighted by Crippen LogP contribution is -2.10. The second kappa shape index (κ2) is 5.48. The Hall–Kier alpha value is -2.43. The van der Waals surface area contributed by atoms with Gasteiger partial charge in [-0.3, -0.25) is 0 Å². The summed E-state index contributed by atoms with van der Waals surface area (Å²) in [6.07, 6.45) is 1.29. The molecule has 0 aliphatic rings. The van der Waals surface area contributed by atoms with Gasteiger partial charge in [0.25, 0.3) is 5.95 Å². The van der Waals surface area contributed by atoms with Gasteiger partial charge in [-0.25, -0.2) is 9.78 Å². The van der Waals surface area contributed by atoms with Gasteiger partial charge in [0, 0.05) is 18.9 Å². The maximum atomic E-state index is 13.3. The quantitative estimate of drug-likeness (QED) is 0.681. The molecule has 1 aromatic carbocycles. The van der Waals surface area contributed by atoms with Crippen molar-refractivity contribution >= 4 is 11.7 Å². The van der Waals surface area contributed by atoms with Crippen LogP contribution in [-0.4, -0.2) is 18.0 Å². The fraction of sp³-hybridized carbons (Fsp3) is 0.143. The molecular formula is C14H13FN2O2. The number of ether oxygens (including phenoxy) is 1. The van der Waals surface area contributed by atoms with Crippen LogP contribution in [0.5, 0.6) is 5.75 Å². The summed E-state index contributed by atoms with van der Waals surface area (Å²) in [7, 11) is 1.80. The monoisotopic (exact) mass is 260 g/mol. The number of hydrogen-bond donors (Lipinski definition) is 1. The zero-order chi connectivity index (χ0) is 13.8. The lowest BCUT2D eigenvalue weighted by atomic mass is 10.1. The summed E-state index contributed by atoms with van der Waals surface area (Å²) in [6.45, 7) is 1.87. The predicted molar refractivity (Wildman–Crippen MR) is 69.9 cm³/mol. The number of rotatable bonds is 3. The summed E-state index contributed by atoms with van der Waals surface area (Å²) < 4.78 is 18.2. The molecule has 1 N–H and O–H groups in total. The highest BCUT2D eigenvalue weighted by Gasteiger charge is 2.13. The van der Waals surface area contributed by atoms with Crippen molar-refractivity contribution in [2.45, 2.75) is 6.92 Å². The van der Waals surface area contributed by atoms with Crippen LogP contribution >= 0.6 is 0 Å². The van der Waals surface area contributed by atoms with Crippen LogP contribution in [0, 0.1) is 12.9 Å². The van der Waals surface area contributed by atoms with Gasteiger partial charge in [-0.1, -0.05) is 0 Å².